The van der Waals surface area contributed by atoms with Crippen LogP contribution in [0.15, 0.2) is 239 Å². The van der Waals surface area contributed by atoms with Crippen molar-refractivity contribution in [3.8, 4) is 0 Å². The van der Waals surface area contributed by atoms with Gasteiger partial charge in [-0.3, -0.25) is 0 Å². The molecule has 0 saturated heterocycles. The van der Waals surface area contributed by atoms with Gasteiger partial charge in [-0.2, -0.15) is 0 Å². The Morgan fingerprint density at radius 2 is 0.473 bits per heavy atom. The second-order valence-electron chi connectivity index (χ2n) is 13.8. The Hall–Kier alpha value is -5.32. The van der Waals surface area contributed by atoms with E-state index in [4.69, 9.17) is 4.74 Å². The smallest absolute Gasteiger partial charge is 0.101 e. The third-order valence-electron chi connectivity index (χ3n) is 10.8. The highest BCUT2D eigenvalue weighted by atomic mass is 79.9. The van der Waals surface area contributed by atoms with E-state index in [0.29, 0.717) is 0 Å². The van der Waals surface area contributed by atoms with Gasteiger partial charge in [0.1, 0.15) is 12.2 Å². The molecule has 8 aromatic carbocycles. The number of halogens is 2. The maximum Gasteiger partial charge on any atom is 0.101 e. The normalized spacial score (nSPS) is 12.8. The van der Waals surface area contributed by atoms with E-state index in [2.05, 4.69) is 262 Å². The summed E-state index contributed by atoms with van der Waals surface area (Å²) in [7, 11) is 0. The molecule has 0 N–H and O–H groups in total. The highest BCUT2D eigenvalue weighted by Gasteiger charge is 2.52. The topological polar surface area (TPSA) is 9.23 Å². The van der Waals surface area contributed by atoms with E-state index in [1.807, 2.05) is 0 Å². The Kier molecular flexibility index (Phi) is 11.1. The molecule has 8 rings (SSSR count). The van der Waals surface area contributed by atoms with Crippen molar-refractivity contribution >= 4 is 31.9 Å². The summed E-state index contributed by atoms with van der Waals surface area (Å²) in [4.78, 5) is 0. The number of benzene rings is 8. The first-order chi connectivity index (χ1) is 27.1. The zero-order valence-electron chi connectivity index (χ0n) is 30.3. The molecule has 8 aromatic rings. The zero-order valence-corrected chi connectivity index (χ0v) is 33.4. The monoisotopic (exact) mass is 838 g/mol. The minimum Gasteiger partial charge on any atom is -0.362 e. The molecular weight excluding hydrogens is 800 g/mol. The molecule has 0 bridgehead atoms. The quantitative estimate of drug-likeness (QED) is 0.111. The van der Waals surface area contributed by atoms with Crippen molar-refractivity contribution in [2.45, 2.75) is 23.0 Å². The maximum absolute atomic E-state index is 8.33. The van der Waals surface area contributed by atoms with Gasteiger partial charge in [-0.15, -0.1) is 0 Å². The molecule has 268 valence electrons. The van der Waals surface area contributed by atoms with E-state index in [1.165, 1.54) is 0 Å². The van der Waals surface area contributed by atoms with Crippen LogP contribution in [0.5, 0.6) is 0 Å². The summed E-state index contributed by atoms with van der Waals surface area (Å²) in [6, 6.07) is 82.7. The Bertz CT molecular complexity index is 2020. The molecule has 0 aliphatic rings. The van der Waals surface area contributed by atoms with Crippen LogP contribution in [0, 0.1) is 0 Å². The summed E-state index contributed by atoms with van der Waals surface area (Å²) in [6.45, 7) is 0. The molecule has 1 nitrogen and oxygen atoms in total. The lowest BCUT2D eigenvalue weighted by atomic mass is 9.62. The Balaban J connectivity index is 1.53. The third kappa shape index (κ3) is 7.05. The summed E-state index contributed by atoms with van der Waals surface area (Å²) < 4.78 is 10.4. The largest absolute Gasteiger partial charge is 0.362 e. The average Bonchev–Trinajstić information content (AvgIpc) is 3.26. The van der Waals surface area contributed by atoms with Crippen LogP contribution < -0.4 is 0 Å². The van der Waals surface area contributed by atoms with Gasteiger partial charge < -0.3 is 4.74 Å². The molecular formula is C52H40Br2O. The van der Waals surface area contributed by atoms with Gasteiger partial charge in [0.2, 0.25) is 0 Å². The van der Waals surface area contributed by atoms with Crippen LogP contribution >= 0.6 is 31.9 Å². The Morgan fingerprint density at radius 1 is 0.273 bits per heavy atom. The van der Waals surface area contributed by atoms with Gasteiger partial charge in [0, 0.05) is 8.95 Å². The van der Waals surface area contributed by atoms with Crippen LogP contribution in [0.2, 0.25) is 0 Å². The number of ether oxygens (including phenoxy) is 1. The molecule has 0 aromatic heterocycles. The van der Waals surface area contributed by atoms with Crippen molar-refractivity contribution in [3.63, 3.8) is 0 Å². The van der Waals surface area contributed by atoms with Crippen molar-refractivity contribution in [2.24, 2.45) is 0 Å². The van der Waals surface area contributed by atoms with Gasteiger partial charge in [-0.05, 0) is 68.8 Å². The van der Waals surface area contributed by atoms with E-state index in [9.17, 15) is 0 Å². The molecule has 0 spiro atoms. The van der Waals surface area contributed by atoms with Crippen LogP contribution in [0.4, 0.5) is 0 Å². The van der Waals surface area contributed by atoms with Gasteiger partial charge in [-0.25, -0.2) is 0 Å². The fraction of sp³-hybridized carbons (Fsp3) is 0.0769. The van der Waals surface area contributed by atoms with Gasteiger partial charge >= 0.3 is 0 Å². The molecule has 2 atom stereocenters. The molecule has 3 heteroatoms. The van der Waals surface area contributed by atoms with Crippen molar-refractivity contribution in [1.29, 1.82) is 0 Å². The first-order valence-electron chi connectivity index (χ1n) is 18.6. The second-order valence-corrected chi connectivity index (χ2v) is 15.6. The maximum atomic E-state index is 8.33. The molecule has 55 heavy (non-hydrogen) atoms. The van der Waals surface area contributed by atoms with Crippen molar-refractivity contribution in [2.75, 3.05) is 0 Å². The zero-order chi connectivity index (χ0) is 37.5. The van der Waals surface area contributed by atoms with Gasteiger partial charge in [-0.1, -0.05) is 238 Å². The molecule has 2 unspecified atom stereocenters. The van der Waals surface area contributed by atoms with Crippen LogP contribution in [0.25, 0.3) is 0 Å². The Morgan fingerprint density at radius 3 is 0.673 bits per heavy atom. The van der Waals surface area contributed by atoms with Gasteiger partial charge in [0.05, 0.1) is 10.8 Å². The van der Waals surface area contributed by atoms with Gasteiger partial charge in [0.25, 0.3) is 0 Å². The fourth-order valence-corrected chi connectivity index (χ4v) is 8.92. The van der Waals surface area contributed by atoms with Crippen LogP contribution in [0.1, 0.15) is 56.7 Å². The summed E-state index contributed by atoms with van der Waals surface area (Å²) >= 11 is 7.50. The lowest BCUT2D eigenvalue weighted by molar-refractivity contribution is -0.0641. The molecule has 0 fully saturated rings. The van der Waals surface area contributed by atoms with Gasteiger partial charge in [0.15, 0.2) is 0 Å². The minimum atomic E-state index is -0.791. The number of hydrogen-bond acceptors (Lipinski definition) is 1. The molecule has 0 aliphatic heterocycles. The van der Waals surface area contributed by atoms with E-state index < -0.39 is 23.0 Å². The van der Waals surface area contributed by atoms with Crippen LogP contribution in [-0.2, 0) is 15.6 Å². The van der Waals surface area contributed by atoms with Crippen LogP contribution in [0.3, 0.4) is 0 Å². The van der Waals surface area contributed by atoms with E-state index in [-0.39, 0.29) is 0 Å². The highest BCUT2D eigenvalue weighted by Crippen LogP contribution is 2.57. The number of hydrogen-bond donors (Lipinski definition) is 0. The predicted molar refractivity (Wildman–Crippen MR) is 233 cm³/mol. The molecule has 0 radical (unpaired) electrons. The SMILES string of the molecule is Brc1ccc(C(OC(c2ccc(Br)cc2)C(c2ccccc2)(c2ccccc2)c2ccccc2)C(c2ccccc2)(c2ccccc2)c2ccccc2)cc1. The van der Waals surface area contributed by atoms with E-state index >= 15 is 0 Å². The van der Waals surface area contributed by atoms with E-state index in [1.54, 1.807) is 0 Å². The third-order valence-corrected chi connectivity index (χ3v) is 11.8. The summed E-state index contributed by atoms with van der Waals surface area (Å²) in [5.74, 6) is 0. The lowest BCUT2D eigenvalue weighted by Crippen LogP contribution is -2.43. The van der Waals surface area contributed by atoms with Crippen LogP contribution in [-0.4, -0.2) is 0 Å². The summed E-state index contributed by atoms with van der Waals surface area (Å²) in [5.41, 5.74) is 7.37. The highest BCUT2D eigenvalue weighted by molar-refractivity contribution is 9.10. The fourth-order valence-electron chi connectivity index (χ4n) is 8.39. The lowest BCUT2D eigenvalue weighted by Gasteiger charge is -2.49. The first kappa shape index (κ1) is 36.6. The molecule has 0 amide bonds. The molecule has 0 heterocycles. The summed E-state index contributed by atoms with van der Waals surface area (Å²) in [6.07, 6.45) is -1.06. The number of rotatable bonds is 12. The first-order valence-corrected chi connectivity index (χ1v) is 20.2. The van der Waals surface area contributed by atoms with Crippen molar-refractivity contribution in [3.05, 3.63) is 284 Å². The van der Waals surface area contributed by atoms with E-state index in [0.717, 1.165) is 53.5 Å². The van der Waals surface area contributed by atoms with Crippen molar-refractivity contribution < 1.29 is 4.74 Å². The minimum absolute atomic E-state index is 0.531. The van der Waals surface area contributed by atoms with Crippen molar-refractivity contribution in [1.82, 2.24) is 0 Å². The Labute approximate surface area is 341 Å². The predicted octanol–water partition coefficient (Wildman–Crippen LogP) is 14.1. The molecule has 0 aliphatic carbocycles. The summed E-state index contributed by atoms with van der Waals surface area (Å²) in [5, 5.41) is 0. The molecule has 0 saturated carbocycles. The average molecular weight is 841 g/mol. The second kappa shape index (κ2) is 16.6. The standard InChI is InChI=1S/C52H40Br2O/c53-47-35-31-39(32-36-47)49(51(41-19-7-1-8-20-41,42-21-9-2-10-22-42)43-23-11-3-12-24-43)55-50(40-33-37-48(54)38-34-40)52(44-25-13-4-14-26-44,45-27-15-5-16-28-45)46-29-17-6-18-30-46/h1-38,49-50H.